The van der Waals surface area contributed by atoms with Crippen LogP contribution in [0.2, 0.25) is 0 Å². The van der Waals surface area contributed by atoms with Crippen molar-refractivity contribution in [3.05, 3.63) is 63.6 Å². The zero-order chi connectivity index (χ0) is 18.8. The highest BCUT2D eigenvalue weighted by atomic mass is 79.9. The van der Waals surface area contributed by atoms with Gasteiger partial charge in [-0.05, 0) is 48.4 Å². The lowest BCUT2D eigenvalue weighted by atomic mass is 10.1. The molecule has 4 amide bonds. The van der Waals surface area contributed by atoms with Gasteiger partial charge in [-0.15, -0.1) is 0 Å². The van der Waals surface area contributed by atoms with Crippen LogP contribution in [0, 0.1) is 0 Å². The van der Waals surface area contributed by atoms with Gasteiger partial charge >= 0.3 is 6.03 Å². The van der Waals surface area contributed by atoms with Crippen LogP contribution in [-0.4, -0.2) is 23.0 Å². The molecule has 0 bridgehead atoms. The lowest BCUT2D eigenvalue weighted by Crippen LogP contribution is -2.54. The van der Waals surface area contributed by atoms with Crippen LogP contribution in [0.4, 0.5) is 10.5 Å². The van der Waals surface area contributed by atoms with E-state index >= 15 is 0 Å². The van der Waals surface area contributed by atoms with Crippen LogP contribution in [0.25, 0.3) is 6.08 Å². The highest BCUT2D eigenvalue weighted by Crippen LogP contribution is 2.27. The molecule has 3 rings (SSSR count). The Morgan fingerprint density at radius 3 is 2.46 bits per heavy atom. The maximum absolute atomic E-state index is 12.8. The Morgan fingerprint density at radius 2 is 1.81 bits per heavy atom. The second kappa shape index (κ2) is 7.13. The molecule has 2 aromatic rings. The number of phenols is 1. The van der Waals surface area contributed by atoms with Crippen LogP contribution in [-0.2, 0) is 16.0 Å². The number of hydrogen-bond donors (Lipinski definition) is 2. The van der Waals surface area contributed by atoms with Gasteiger partial charge in [-0.3, -0.25) is 14.9 Å². The molecule has 1 heterocycles. The van der Waals surface area contributed by atoms with Gasteiger partial charge in [-0.25, -0.2) is 9.69 Å². The molecule has 0 radical (unpaired) electrons. The number of carbonyl (C=O) groups is 3. The van der Waals surface area contributed by atoms with E-state index in [0.717, 1.165) is 16.9 Å². The number of aromatic hydroxyl groups is 1. The Balaban J connectivity index is 2.02. The van der Waals surface area contributed by atoms with Crippen molar-refractivity contribution in [1.29, 1.82) is 0 Å². The van der Waals surface area contributed by atoms with Gasteiger partial charge in [0.1, 0.15) is 11.3 Å². The standard InChI is InChI=1S/C19H15BrN2O4/c1-2-11-3-6-14(7-4-11)22-18(25)15(17(24)21-19(22)26)10-12-9-13(20)5-8-16(12)23/h3-10,23H,2H2,1H3,(H,21,24,26)/b15-10-. The Bertz CT molecular complexity index is 935. The minimum absolute atomic E-state index is 0.0861. The number of phenolic OH excluding ortho intramolecular Hbond substituents is 1. The van der Waals surface area contributed by atoms with Gasteiger partial charge in [0, 0.05) is 10.0 Å². The molecule has 132 valence electrons. The molecule has 0 aliphatic carbocycles. The molecular formula is C19H15BrN2O4. The summed E-state index contributed by atoms with van der Waals surface area (Å²) in [6, 6.07) is 10.8. The molecule has 0 aromatic heterocycles. The summed E-state index contributed by atoms with van der Waals surface area (Å²) in [6.07, 6.45) is 2.09. The van der Waals surface area contributed by atoms with E-state index in [0.29, 0.717) is 10.2 Å². The normalized spacial score (nSPS) is 16.2. The molecule has 0 saturated carbocycles. The zero-order valence-corrected chi connectivity index (χ0v) is 15.4. The van der Waals surface area contributed by atoms with Gasteiger partial charge in [0.2, 0.25) is 0 Å². The van der Waals surface area contributed by atoms with E-state index in [4.69, 9.17) is 0 Å². The van der Waals surface area contributed by atoms with Crippen molar-refractivity contribution in [2.24, 2.45) is 0 Å². The molecule has 0 atom stereocenters. The Hall–Kier alpha value is -2.93. The summed E-state index contributed by atoms with van der Waals surface area (Å²) in [5.41, 5.74) is 1.47. The number of nitrogens with one attached hydrogen (secondary N) is 1. The quantitative estimate of drug-likeness (QED) is 0.595. The number of carbonyl (C=O) groups excluding carboxylic acids is 3. The SMILES string of the molecule is CCc1ccc(N2C(=O)NC(=O)/C(=C/c3cc(Br)ccc3O)C2=O)cc1. The minimum atomic E-state index is -0.806. The summed E-state index contributed by atoms with van der Waals surface area (Å²) in [4.78, 5) is 38.0. The number of urea groups is 1. The predicted octanol–water partition coefficient (Wildman–Crippen LogP) is 3.38. The van der Waals surface area contributed by atoms with Gasteiger partial charge in [-0.2, -0.15) is 0 Å². The van der Waals surface area contributed by atoms with Crippen molar-refractivity contribution in [3.63, 3.8) is 0 Å². The van der Waals surface area contributed by atoms with Crippen molar-refractivity contribution in [3.8, 4) is 5.75 Å². The molecule has 1 fully saturated rings. The summed E-state index contributed by atoms with van der Waals surface area (Å²) in [7, 11) is 0. The highest BCUT2D eigenvalue weighted by molar-refractivity contribution is 9.10. The first-order chi connectivity index (χ1) is 12.4. The topological polar surface area (TPSA) is 86.7 Å². The third-order valence-electron chi connectivity index (χ3n) is 3.99. The monoisotopic (exact) mass is 414 g/mol. The van der Waals surface area contributed by atoms with Gasteiger partial charge in [-0.1, -0.05) is 35.0 Å². The number of aryl methyl sites for hydroxylation is 1. The average Bonchev–Trinajstić information content (AvgIpc) is 2.62. The molecule has 26 heavy (non-hydrogen) atoms. The first-order valence-electron chi connectivity index (χ1n) is 7.89. The fourth-order valence-electron chi connectivity index (χ4n) is 2.57. The summed E-state index contributed by atoms with van der Waals surface area (Å²) in [5.74, 6) is -1.64. The fourth-order valence-corrected chi connectivity index (χ4v) is 2.95. The highest BCUT2D eigenvalue weighted by Gasteiger charge is 2.36. The van der Waals surface area contributed by atoms with Crippen LogP contribution >= 0.6 is 15.9 Å². The minimum Gasteiger partial charge on any atom is -0.507 e. The summed E-state index contributed by atoms with van der Waals surface area (Å²) in [6.45, 7) is 2.00. The number of amides is 4. The van der Waals surface area contributed by atoms with E-state index in [9.17, 15) is 19.5 Å². The number of benzene rings is 2. The molecule has 1 saturated heterocycles. The Kier molecular flexibility index (Phi) is 4.90. The van der Waals surface area contributed by atoms with Crippen molar-refractivity contribution in [2.75, 3.05) is 4.90 Å². The maximum Gasteiger partial charge on any atom is 0.335 e. The van der Waals surface area contributed by atoms with Gasteiger partial charge in [0.15, 0.2) is 0 Å². The first kappa shape index (κ1) is 17.9. The number of imide groups is 2. The fraction of sp³-hybridized carbons (Fsp3) is 0.105. The lowest BCUT2D eigenvalue weighted by molar-refractivity contribution is -0.122. The molecule has 1 aliphatic rings. The largest absolute Gasteiger partial charge is 0.507 e. The molecule has 0 unspecified atom stereocenters. The van der Waals surface area contributed by atoms with Crippen molar-refractivity contribution < 1.29 is 19.5 Å². The number of hydrogen-bond acceptors (Lipinski definition) is 4. The first-order valence-corrected chi connectivity index (χ1v) is 8.69. The smallest absolute Gasteiger partial charge is 0.335 e. The number of rotatable bonds is 3. The third-order valence-corrected chi connectivity index (χ3v) is 4.49. The molecule has 0 spiro atoms. The van der Waals surface area contributed by atoms with Crippen LogP contribution in [0.15, 0.2) is 52.5 Å². The molecular weight excluding hydrogens is 400 g/mol. The van der Waals surface area contributed by atoms with Crippen molar-refractivity contribution in [2.45, 2.75) is 13.3 Å². The van der Waals surface area contributed by atoms with E-state index in [1.807, 2.05) is 19.1 Å². The molecule has 7 heteroatoms. The van der Waals surface area contributed by atoms with E-state index < -0.39 is 17.8 Å². The predicted molar refractivity (Wildman–Crippen MR) is 101 cm³/mol. The zero-order valence-electron chi connectivity index (χ0n) is 13.8. The Labute approximate surface area is 158 Å². The second-order valence-electron chi connectivity index (χ2n) is 5.68. The summed E-state index contributed by atoms with van der Waals surface area (Å²) >= 11 is 3.27. The van der Waals surface area contributed by atoms with E-state index in [-0.39, 0.29) is 16.9 Å². The van der Waals surface area contributed by atoms with E-state index in [1.54, 1.807) is 24.3 Å². The lowest BCUT2D eigenvalue weighted by Gasteiger charge is -2.26. The van der Waals surface area contributed by atoms with Crippen molar-refractivity contribution in [1.82, 2.24) is 5.32 Å². The van der Waals surface area contributed by atoms with Crippen molar-refractivity contribution >= 4 is 45.5 Å². The van der Waals surface area contributed by atoms with Gasteiger partial charge in [0.05, 0.1) is 5.69 Å². The van der Waals surface area contributed by atoms with Crippen LogP contribution in [0.3, 0.4) is 0 Å². The number of anilines is 1. The summed E-state index contributed by atoms with van der Waals surface area (Å²) in [5, 5.41) is 12.1. The van der Waals surface area contributed by atoms with Crippen LogP contribution in [0.5, 0.6) is 5.75 Å². The molecule has 6 nitrogen and oxygen atoms in total. The molecule has 2 aromatic carbocycles. The second-order valence-corrected chi connectivity index (χ2v) is 6.60. The van der Waals surface area contributed by atoms with E-state index in [2.05, 4.69) is 21.2 Å². The van der Waals surface area contributed by atoms with Gasteiger partial charge < -0.3 is 5.11 Å². The van der Waals surface area contributed by atoms with Crippen LogP contribution in [0.1, 0.15) is 18.1 Å². The molecule has 1 aliphatic heterocycles. The van der Waals surface area contributed by atoms with Crippen LogP contribution < -0.4 is 10.2 Å². The number of barbiturate groups is 1. The van der Waals surface area contributed by atoms with Gasteiger partial charge in [0.25, 0.3) is 11.8 Å². The molecule has 2 N–H and O–H groups in total. The maximum atomic E-state index is 12.8. The van der Waals surface area contributed by atoms with E-state index in [1.165, 1.54) is 12.1 Å². The third kappa shape index (κ3) is 3.39. The number of halogens is 1. The average molecular weight is 415 g/mol. The Morgan fingerprint density at radius 1 is 1.12 bits per heavy atom. The summed E-state index contributed by atoms with van der Waals surface area (Å²) < 4.78 is 0.675. The number of nitrogens with zero attached hydrogens (tertiary/aromatic N) is 1.